The number of aldehydes is 1. The largest absolute Gasteiger partial charge is 0.491 e. The lowest BCUT2D eigenvalue weighted by atomic mass is 10.1. The van der Waals surface area contributed by atoms with Crippen molar-refractivity contribution in [2.24, 2.45) is 5.41 Å². The van der Waals surface area contributed by atoms with E-state index in [4.69, 9.17) is 16.3 Å². The van der Waals surface area contributed by atoms with Crippen molar-refractivity contribution < 1.29 is 22.7 Å². The van der Waals surface area contributed by atoms with Gasteiger partial charge in [0.1, 0.15) is 24.1 Å². The van der Waals surface area contributed by atoms with Crippen LogP contribution in [0.1, 0.15) is 23.2 Å². The number of ether oxygens (including phenoxy) is 1. The van der Waals surface area contributed by atoms with E-state index in [0.717, 1.165) is 0 Å². The lowest BCUT2D eigenvalue weighted by molar-refractivity contribution is -0.194. The summed E-state index contributed by atoms with van der Waals surface area (Å²) in [6, 6.07) is 4.21. The monoisotopic (exact) mass is 278 g/mol. The van der Waals surface area contributed by atoms with Crippen LogP contribution in [0, 0.1) is 5.41 Å². The lowest BCUT2D eigenvalue weighted by Gasteiger charge is -2.19. The highest BCUT2D eigenvalue weighted by molar-refractivity contribution is 6.32. The third kappa shape index (κ3) is 2.46. The van der Waals surface area contributed by atoms with E-state index >= 15 is 0 Å². The van der Waals surface area contributed by atoms with Gasteiger partial charge >= 0.3 is 6.18 Å². The molecular formula is C12H10ClF3O2. The molecule has 1 fully saturated rings. The van der Waals surface area contributed by atoms with E-state index in [1.54, 1.807) is 0 Å². The molecule has 18 heavy (non-hydrogen) atoms. The quantitative estimate of drug-likeness (QED) is 0.782. The molecule has 1 aliphatic carbocycles. The maximum Gasteiger partial charge on any atom is 0.397 e. The van der Waals surface area contributed by atoms with Gasteiger partial charge in [-0.3, -0.25) is 4.79 Å². The van der Waals surface area contributed by atoms with Crippen molar-refractivity contribution in [3.63, 3.8) is 0 Å². The van der Waals surface area contributed by atoms with Crippen molar-refractivity contribution in [3.8, 4) is 5.75 Å². The normalized spacial score (nSPS) is 17.3. The number of rotatable bonds is 4. The minimum atomic E-state index is -4.25. The van der Waals surface area contributed by atoms with Gasteiger partial charge < -0.3 is 4.74 Å². The number of hydrogen-bond acceptors (Lipinski definition) is 2. The highest BCUT2D eigenvalue weighted by Crippen LogP contribution is 2.57. The predicted molar refractivity (Wildman–Crippen MR) is 60.1 cm³/mol. The van der Waals surface area contributed by atoms with E-state index in [9.17, 15) is 18.0 Å². The van der Waals surface area contributed by atoms with Crippen LogP contribution >= 0.6 is 11.6 Å². The van der Waals surface area contributed by atoms with Gasteiger partial charge in [-0.25, -0.2) is 0 Å². The lowest BCUT2D eigenvalue weighted by Crippen LogP contribution is -2.30. The summed E-state index contributed by atoms with van der Waals surface area (Å²) in [5.41, 5.74) is -1.37. The van der Waals surface area contributed by atoms with Crippen LogP contribution in [-0.2, 0) is 0 Å². The molecule has 0 N–H and O–H groups in total. The molecule has 0 atom stereocenters. The second-order valence-electron chi connectivity index (χ2n) is 4.37. The Morgan fingerprint density at radius 3 is 2.50 bits per heavy atom. The molecule has 2 nitrogen and oxygen atoms in total. The molecule has 0 aliphatic heterocycles. The van der Waals surface area contributed by atoms with E-state index in [1.807, 2.05) is 0 Å². The molecular weight excluding hydrogens is 269 g/mol. The van der Waals surface area contributed by atoms with Gasteiger partial charge in [0, 0.05) is 5.56 Å². The average molecular weight is 279 g/mol. The molecule has 0 spiro atoms. The van der Waals surface area contributed by atoms with Gasteiger partial charge in [-0.15, -0.1) is 0 Å². The first-order valence-corrected chi connectivity index (χ1v) is 5.70. The molecule has 0 heterocycles. The van der Waals surface area contributed by atoms with E-state index in [0.29, 0.717) is 11.8 Å². The molecule has 6 heteroatoms. The summed E-state index contributed by atoms with van der Waals surface area (Å²) < 4.78 is 43.1. The summed E-state index contributed by atoms with van der Waals surface area (Å²) in [5, 5.41) is 0.137. The second kappa shape index (κ2) is 4.46. The van der Waals surface area contributed by atoms with Crippen molar-refractivity contribution >= 4 is 17.9 Å². The van der Waals surface area contributed by atoms with Crippen molar-refractivity contribution in [3.05, 3.63) is 28.8 Å². The van der Waals surface area contributed by atoms with Crippen molar-refractivity contribution in [1.82, 2.24) is 0 Å². The molecule has 1 aromatic carbocycles. The van der Waals surface area contributed by atoms with Crippen LogP contribution in [0.3, 0.4) is 0 Å². The fourth-order valence-corrected chi connectivity index (χ4v) is 1.83. The topological polar surface area (TPSA) is 26.3 Å². The predicted octanol–water partition coefficient (Wildman–Crippen LogP) is 3.87. The summed E-state index contributed by atoms with van der Waals surface area (Å²) >= 11 is 5.81. The Morgan fingerprint density at radius 2 is 2.06 bits per heavy atom. The standard InChI is InChI=1S/C12H10ClF3O2/c13-9-5-8(6-17)1-2-10(9)18-7-11(3-4-11)12(14,15)16/h1-2,5-6H,3-4,7H2. The molecule has 0 bridgehead atoms. The summed E-state index contributed by atoms with van der Waals surface area (Å²) in [7, 11) is 0. The Bertz CT molecular complexity index is 467. The fourth-order valence-electron chi connectivity index (χ4n) is 1.58. The van der Waals surface area contributed by atoms with Crippen LogP contribution in [0.4, 0.5) is 13.2 Å². The molecule has 0 amide bonds. The Labute approximate surface area is 107 Å². The van der Waals surface area contributed by atoms with Crippen LogP contribution in [0.15, 0.2) is 18.2 Å². The number of carbonyl (C=O) groups is 1. The minimum Gasteiger partial charge on any atom is -0.491 e. The Morgan fingerprint density at radius 1 is 1.39 bits per heavy atom. The van der Waals surface area contributed by atoms with E-state index < -0.39 is 18.2 Å². The number of hydrogen-bond donors (Lipinski definition) is 0. The number of carbonyl (C=O) groups excluding carboxylic acids is 1. The van der Waals surface area contributed by atoms with E-state index in [1.165, 1.54) is 18.2 Å². The van der Waals surface area contributed by atoms with Crippen molar-refractivity contribution in [1.29, 1.82) is 0 Å². The van der Waals surface area contributed by atoms with Gasteiger partial charge in [-0.2, -0.15) is 13.2 Å². The highest BCUT2D eigenvalue weighted by atomic mass is 35.5. The Hall–Kier alpha value is -1.23. The van der Waals surface area contributed by atoms with Gasteiger partial charge in [-0.1, -0.05) is 11.6 Å². The maximum absolute atomic E-state index is 12.7. The van der Waals surface area contributed by atoms with Gasteiger partial charge in [0.05, 0.1) is 5.02 Å². The van der Waals surface area contributed by atoms with Crippen LogP contribution in [0.2, 0.25) is 5.02 Å². The van der Waals surface area contributed by atoms with Gasteiger partial charge in [-0.05, 0) is 31.0 Å². The zero-order chi connectivity index (χ0) is 13.4. The maximum atomic E-state index is 12.7. The SMILES string of the molecule is O=Cc1ccc(OCC2(C(F)(F)F)CC2)c(Cl)c1. The van der Waals surface area contributed by atoms with Crippen LogP contribution in [-0.4, -0.2) is 19.1 Å². The molecule has 1 saturated carbocycles. The Kier molecular flexibility index (Phi) is 3.27. The van der Waals surface area contributed by atoms with Crippen LogP contribution in [0.25, 0.3) is 0 Å². The number of halogens is 4. The summed E-state index contributed by atoms with van der Waals surface area (Å²) in [6.07, 6.45) is -3.48. The van der Waals surface area contributed by atoms with Crippen LogP contribution in [0.5, 0.6) is 5.75 Å². The molecule has 0 saturated heterocycles. The first-order chi connectivity index (χ1) is 8.38. The van der Waals surface area contributed by atoms with Gasteiger partial charge in [0.15, 0.2) is 0 Å². The highest BCUT2D eigenvalue weighted by Gasteiger charge is 2.63. The third-order valence-corrected chi connectivity index (χ3v) is 3.35. The van der Waals surface area contributed by atoms with E-state index in [2.05, 4.69) is 0 Å². The zero-order valence-electron chi connectivity index (χ0n) is 9.26. The average Bonchev–Trinajstić information content (AvgIpc) is 3.07. The molecule has 0 aromatic heterocycles. The second-order valence-corrected chi connectivity index (χ2v) is 4.78. The van der Waals surface area contributed by atoms with Gasteiger partial charge in [0.25, 0.3) is 0 Å². The smallest absolute Gasteiger partial charge is 0.397 e. The number of alkyl halides is 3. The summed E-state index contributed by atoms with van der Waals surface area (Å²) in [6.45, 7) is -0.434. The van der Waals surface area contributed by atoms with E-state index in [-0.39, 0.29) is 23.6 Å². The first kappa shape index (κ1) is 13.2. The zero-order valence-corrected chi connectivity index (χ0v) is 10.0. The summed E-state index contributed by atoms with van der Waals surface area (Å²) in [5.74, 6) is 0.165. The van der Waals surface area contributed by atoms with Crippen molar-refractivity contribution in [2.75, 3.05) is 6.61 Å². The fraction of sp³-hybridized carbons (Fsp3) is 0.417. The molecule has 1 aromatic rings. The third-order valence-electron chi connectivity index (χ3n) is 3.05. The Balaban J connectivity index is 2.05. The van der Waals surface area contributed by atoms with Crippen molar-refractivity contribution in [2.45, 2.75) is 19.0 Å². The molecule has 0 radical (unpaired) electrons. The first-order valence-electron chi connectivity index (χ1n) is 5.32. The van der Waals surface area contributed by atoms with Gasteiger partial charge in [0.2, 0.25) is 0 Å². The number of benzene rings is 1. The summed E-state index contributed by atoms with van der Waals surface area (Å²) in [4.78, 5) is 10.5. The molecule has 0 unspecified atom stereocenters. The molecule has 2 rings (SSSR count). The molecule has 98 valence electrons. The molecule has 1 aliphatic rings. The minimum absolute atomic E-state index is 0.0839. The van der Waals surface area contributed by atoms with Crippen LogP contribution < -0.4 is 4.74 Å².